The zero-order chi connectivity index (χ0) is 24.0. The number of carbonyl (C=O) groups is 1. The lowest BCUT2D eigenvalue weighted by atomic mass is 10.2. The molecule has 0 spiro atoms. The van der Waals surface area contributed by atoms with Crippen molar-refractivity contribution in [2.45, 2.75) is 18.0 Å². The topological polar surface area (TPSA) is 93.9 Å². The van der Waals surface area contributed by atoms with Gasteiger partial charge < -0.3 is 0 Å². The highest BCUT2D eigenvalue weighted by atomic mass is 35.5. The summed E-state index contributed by atoms with van der Waals surface area (Å²) in [5.41, 5.74) is -2.97. The third-order valence-electron chi connectivity index (χ3n) is 3.99. The van der Waals surface area contributed by atoms with Crippen molar-refractivity contribution >= 4 is 62.3 Å². The van der Waals surface area contributed by atoms with Gasteiger partial charge in [0, 0.05) is 10.0 Å². The second kappa shape index (κ2) is 8.71. The number of halogens is 7. The van der Waals surface area contributed by atoms with Gasteiger partial charge in [0.2, 0.25) is 0 Å². The van der Waals surface area contributed by atoms with Crippen LogP contribution in [0.2, 0.25) is 20.1 Å². The van der Waals surface area contributed by atoms with E-state index in [1.165, 1.54) is 29.8 Å². The average Bonchev–Trinajstić information content (AvgIpc) is 3.05. The Bertz CT molecular complexity index is 1320. The number of aromatic nitrogens is 3. The molecule has 1 amide bonds. The molecular formula is C17H9Cl4F3N4O3S. The highest BCUT2D eigenvalue weighted by molar-refractivity contribution is 7.90. The Morgan fingerprint density at radius 3 is 2.22 bits per heavy atom. The van der Waals surface area contributed by atoms with Gasteiger partial charge in [0.25, 0.3) is 15.9 Å². The Morgan fingerprint density at radius 2 is 1.66 bits per heavy atom. The minimum Gasteiger partial charge on any atom is -0.266 e. The van der Waals surface area contributed by atoms with Gasteiger partial charge in [-0.15, -0.1) is 5.10 Å². The fourth-order valence-corrected chi connectivity index (χ4v) is 5.13. The van der Waals surface area contributed by atoms with E-state index in [1.54, 1.807) is 0 Å². The van der Waals surface area contributed by atoms with Gasteiger partial charge in [-0.2, -0.15) is 13.2 Å². The summed E-state index contributed by atoms with van der Waals surface area (Å²) < 4.78 is 68.4. The second-order valence-electron chi connectivity index (χ2n) is 6.26. The number of carbonyl (C=O) groups excluding carboxylic acids is 1. The van der Waals surface area contributed by atoms with E-state index in [9.17, 15) is 26.4 Å². The molecule has 7 nitrogen and oxygen atoms in total. The Morgan fingerprint density at radius 1 is 1.03 bits per heavy atom. The molecule has 0 aliphatic heterocycles. The van der Waals surface area contributed by atoms with Crippen molar-refractivity contribution in [3.05, 3.63) is 67.4 Å². The summed E-state index contributed by atoms with van der Waals surface area (Å²) in [5, 5.41) is 6.35. The largest absolute Gasteiger partial charge is 0.435 e. The lowest BCUT2D eigenvalue weighted by Gasteiger charge is -2.14. The molecule has 1 heterocycles. The van der Waals surface area contributed by atoms with Gasteiger partial charge in [-0.05, 0) is 42.8 Å². The summed E-state index contributed by atoms with van der Waals surface area (Å²) in [4.78, 5) is 11.9. The number of benzene rings is 2. The third-order valence-corrected chi connectivity index (χ3v) is 6.55. The lowest BCUT2D eigenvalue weighted by Crippen LogP contribution is -2.33. The smallest absolute Gasteiger partial charge is 0.266 e. The molecule has 15 heteroatoms. The van der Waals surface area contributed by atoms with E-state index in [0.717, 1.165) is 12.1 Å². The number of hydrogen-bond acceptors (Lipinski definition) is 5. The SMILES string of the molecule is Cc1cc(Cl)cc(Cl)c1-n1nnc(C(=O)NS(=O)(=O)c2ccc(Cl)cc2Cl)c1C(F)(F)F. The molecule has 0 atom stereocenters. The fraction of sp³-hybridized carbons (Fsp3) is 0.118. The van der Waals surface area contributed by atoms with Crippen LogP contribution in [-0.4, -0.2) is 29.3 Å². The highest BCUT2D eigenvalue weighted by Gasteiger charge is 2.43. The molecule has 170 valence electrons. The van der Waals surface area contributed by atoms with E-state index in [1.807, 2.05) is 0 Å². The fourth-order valence-electron chi connectivity index (χ4n) is 2.73. The number of nitrogens with one attached hydrogen (secondary N) is 1. The zero-order valence-corrected chi connectivity index (χ0v) is 19.3. The summed E-state index contributed by atoms with van der Waals surface area (Å²) >= 11 is 23.4. The van der Waals surface area contributed by atoms with Crippen molar-refractivity contribution in [3.63, 3.8) is 0 Å². The predicted molar refractivity (Wildman–Crippen MR) is 112 cm³/mol. The predicted octanol–water partition coefficient (Wildman–Crippen LogP) is 5.33. The molecule has 1 aromatic heterocycles. The summed E-state index contributed by atoms with van der Waals surface area (Å²) in [6, 6.07) is 5.76. The van der Waals surface area contributed by atoms with E-state index in [-0.39, 0.29) is 31.3 Å². The molecule has 0 saturated carbocycles. The molecular weight excluding hydrogens is 539 g/mol. The number of nitrogens with zero attached hydrogens (tertiary/aromatic N) is 3. The first-order valence-corrected chi connectivity index (χ1v) is 11.2. The molecule has 0 unspecified atom stereocenters. The van der Waals surface area contributed by atoms with Crippen LogP contribution in [0.15, 0.2) is 35.2 Å². The molecule has 0 aliphatic rings. The van der Waals surface area contributed by atoms with Gasteiger partial charge in [-0.1, -0.05) is 51.6 Å². The van der Waals surface area contributed by atoms with Gasteiger partial charge in [-0.25, -0.2) is 17.8 Å². The molecule has 0 aliphatic carbocycles. The minimum absolute atomic E-state index is 0.109. The van der Waals surface area contributed by atoms with Gasteiger partial charge in [0.15, 0.2) is 11.4 Å². The summed E-state index contributed by atoms with van der Waals surface area (Å²) in [7, 11) is -4.67. The van der Waals surface area contributed by atoms with Crippen LogP contribution >= 0.6 is 46.4 Å². The van der Waals surface area contributed by atoms with Crippen LogP contribution in [0.4, 0.5) is 13.2 Å². The summed E-state index contributed by atoms with van der Waals surface area (Å²) in [5.74, 6) is -1.68. The van der Waals surface area contributed by atoms with Crippen LogP contribution in [0.1, 0.15) is 21.7 Å². The number of rotatable bonds is 4. The molecule has 1 N–H and O–H groups in total. The maximum atomic E-state index is 13.9. The molecule has 3 aromatic rings. The van der Waals surface area contributed by atoms with E-state index < -0.39 is 38.4 Å². The van der Waals surface area contributed by atoms with Crippen LogP contribution in [0.25, 0.3) is 5.69 Å². The Labute approximate surface area is 199 Å². The highest BCUT2D eigenvalue weighted by Crippen LogP contribution is 2.36. The quantitative estimate of drug-likeness (QED) is 0.476. The molecule has 2 aromatic carbocycles. The standard InChI is InChI=1S/C17H9Cl4F3N4O3S/c1-7-4-9(19)6-11(21)14(7)28-15(17(22,23)24)13(25-27-28)16(29)26-32(30,31)12-3-2-8(18)5-10(12)20/h2-6H,1H3,(H,26,29). The molecule has 0 fully saturated rings. The van der Waals surface area contributed by atoms with Crippen molar-refractivity contribution in [2.24, 2.45) is 0 Å². The zero-order valence-electron chi connectivity index (χ0n) is 15.5. The number of aryl methyl sites for hydroxylation is 1. The maximum absolute atomic E-state index is 13.9. The van der Waals surface area contributed by atoms with Crippen molar-refractivity contribution in [1.82, 2.24) is 19.7 Å². The molecule has 3 rings (SSSR count). The lowest BCUT2D eigenvalue weighted by molar-refractivity contribution is -0.143. The number of sulfonamides is 1. The normalized spacial score (nSPS) is 12.1. The summed E-state index contributed by atoms with van der Waals surface area (Å²) in [6.07, 6.45) is -5.16. The van der Waals surface area contributed by atoms with Crippen molar-refractivity contribution in [2.75, 3.05) is 0 Å². The molecule has 32 heavy (non-hydrogen) atoms. The first kappa shape index (κ1) is 24.6. The van der Waals surface area contributed by atoms with Crippen LogP contribution in [-0.2, 0) is 16.2 Å². The summed E-state index contributed by atoms with van der Waals surface area (Å²) in [6.45, 7) is 1.42. The van der Waals surface area contributed by atoms with Crippen molar-refractivity contribution in [3.8, 4) is 5.69 Å². The van der Waals surface area contributed by atoms with E-state index in [4.69, 9.17) is 46.4 Å². The first-order valence-electron chi connectivity index (χ1n) is 8.23. The van der Waals surface area contributed by atoms with E-state index >= 15 is 0 Å². The minimum atomic E-state index is -5.16. The first-order chi connectivity index (χ1) is 14.7. The number of alkyl halides is 3. The van der Waals surface area contributed by atoms with Crippen LogP contribution < -0.4 is 4.72 Å². The number of hydrogen-bond donors (Lipinski definition) is 1. The monoisotopic (exact) mass is 546 g/mol. The third kappa shape index (κ3) is 4.81. The maximum Gasteiger partial charge on any atom is 0.435 e. The van der Waals surface area contributed by atoms with Gasteiger partial charge in [-0.3, -0.25) is 4.79 Å². The number of amides is 1. The molecule has 0 radical (unpaired) electrons. The van der Waals surface area contributed by atoms with Crippen molar-refractivity contribution < 1.29 is 26.4 Å². The average molecular weight is 548 g/mol. The van der Waals surface area contributed by atoms with Crippen LogP contribution in [0.3, 0.4) is 0 Å². The second-order valence-corrected chi connectivity index (χ2v) is 9.60. The van der Waals surface area contributed by atoms with Gasteiger partial charge in [0.1, 0.15) is 4.90 Å². The van der Waals surface area contributed by atoms with Crippen molar-refractivity contribution in [1.29, 1.82) is 0 Å². The molecule has 0 saturated heterocycles. The Kier molecular flexibility index (Phi) is 6.69. The van der Waals surface area contributed by atoms with Gasteiger partial charge in [0.05, 0.1) is 15.7 Å². The Hall–Kier alpha value is -2.05. The van der Waals surface area contributed by atoms with Crippen LogP contribution in [0.5, 0.6) is 0 Å². The Balaban J connectivity index is 2.10. The van der Waals surface area contributed by atoms with E-state index in [0.29, 0.717) is 4.68 Å². The molecule has 0 bridgehead atoms. The van der Waals surface area contributed by atoms with E-state index in [2.05, 4.69) is 10.3 Å². The van der Waals surface area contributed by atoms with Crippen LogP contribution in [0, 0.1) is 6.92 Å². The van der Waals surface area contributed by atoms with Gasteiger partial charge >= 0.3 is 6.18 Å².